The van der Waals surface area contributed by atoms with E-state index in [2.05, 4.69) is 47.2 Å². The third kappa shape index (κ3) is 4.19. The van der Waals surface area contributed by atoms with Gasteiger partial charge in [-0.05, 0) is 43.5 Å². The van der Waals surface area contributed by atoms with Crippen LogP contribution in [0.5, 0.6) is 0 Å². The Balaban J connectivity index is 1.82. The van der Waals surface area contributed by atoms with Crippen LogP contribution in [-0.4, -0.2) is 12.1 Å². The Bertz CT molecular complexity index is 1150. The second-order valence-electron chi connectivity index (χ2n) is 7.39. The zero-order chi connectivity index (χ0) is 20.2. The van der Waals surface area contributed by atoms with Gasteiger partial charge in [0.1, 0.15) is 0 Å². The van der Waals surface area contributed by atoms with Gasteiger partial charge >= 0.3 is 5.97 Å². The molecule has 144 valence electrons. The van der Waals surface area contributed by atoms with Crippen molar-refractivity contribution in [1.29, 1.82) is 0 Å². The third-order valence-electron chi connectivity index (χ3n) is 4.88. The van der Waals surface area contributed by atoms with Gasteiger partial charge in [-0.3, -0.25) is 0 Å². The van der Waals surface area contributed by atoms with Crippen LogP contribution in [0.2, 0.25) is 0 Å². The maximum absolute atomic E-state index is 12.6. The first-order valence-corrected chi connectivity index (χ1v) is 9.88. The van der Waals surface area contributed by atoms with Gasteiger partial charge in [0.05, 0.1) is 11.7 Å². The lowest BCUT2D eigenvalue weighted by Gasteiger charge is -2.12. The van der Waals surface area contributed by atoms with E-state index in [9.17, 15) is 4.79 Å². The maximum atomic E-state index is 12.6. The van der Waals surface area contributed by atoms with Crippen molar-refractivity contribution < 1.29 is 14.1 Å². The fourth-order valence-electron chi connectivity index (χ4n) is 3.53. The number of ether oxygens (including phenoxy) is 1. The minimum absolute atomic E-state index is 0.149. The molecule has 0 aliphatic carbocycles. The summed E-state index contributed by atoms with van der Waals surface area (Å²) in [5.41, 5.74) is 3.80. The number of benzene rings is 3. The van der Waals surface area contributed by atoms with E-state index in [4.69, 9.17) is 4.74 Å². The summed E-state index contributed by atoms with van der Waals surface area (Å²) in [4.78, 5) is 12.6. The minimum atomic E-state index is -0.279. The van der Waals surface area contributed by atoms with Crippen LogP contribution in [0.15, 0.2) is 91.1 Å². The second-order valence-corrected chi connectivity index (χ2v) is 7.39. The van der Waals surface area contributed by atoms with Crippen LogP contribution in [-0.2, 0) is 11.3 Å². The van der Waals surface area contributed by atoms with Crippen LogP contribution < -0.4 is 4.57 Å². The molecule has 0 radical (unpaired) electrons. The standard InChI is InChI=1S/C26H24NO2/c1-19(2)29-26(28)24-15-9-8-14-23(24)18-27-17-22-13-7-6-12-21(22)16-25(27)20-10-4-3-5-11-20/h3-17,19H,18H2,1-2H3/q+1. The van der Waals surface area contributed by atoms with Gasteiger partial charge in [0.2, 0.25) is 5.69 Å². The number of esters is 1. The Kier molecular flexibility index (Phi) is 5.39. The maximum Gasteiger partial charge on any atom is 0.338 e. The molecule has 0 N–H and O–H groups in total. The molecule has 0 spiro atoms. The first-order valence-electron chi connectivity index (χ1n) is 9.88. The molecule has 0 saturated carbocycles. The number of hydrogen-bond acceptors (Lipinski definition) is 2. The number of hydrogen-bond donors (Lipinski definition) is 0. The lowest BCUT2D eigenvalue weighted by molar-refractivity contribution is -0.676. The second kappa shape index (κ2) is 8.27. The predicted molar refractivity (Wildman–Crippen MR) is 116 cm³/mol. The molecule has 0 fully saturated rings. The van der Waals surface area contributed by atoms with Crippen molar-refractivity contribution in [2.24, 2.45) is 0 Å². The lowest BCUT2D eigenvalue weighted by atomic mass is 10.0. The summed E-state index contributed by atoms with van der Waals surface area (Å²) in [6, 6.07) is 28.5. The van der Waals surface area contributed by atoms with Crippen LogP contribution in [0.4, 0.5) is 0 Å². The van der Waals surface area contributed by atoms with Crippen molar-refractivity contribution in [3.8, 4) is 11.3 Å². The number of nitrogens with zero attached hydrogens (tertiary/aromatic N) is 1. The number of carbonyl (C=O) groups excluding carboxylic acids is 1. The van der Waals surface area contributed by atoms with E-state index in [1.54, 1.807) is 0 Å². The molecule has 3 heteroatoms. The summed E-state index contributed by atoms with van der Waals surface area (Å²) in [7, 11) is 0. The molecular formula is C26H24NO2+. The normalized spacial score (nSPS) is 11.0. The smallest absolute Gasteiger partial charge is 0.338 e. The molecule has 1 heterocycles. The molecule has 0 aliphatic heterocycles. The van der Waals surface area contributed by atoms with Crippen molar-refractivity contribution in [2.75, 3.05) is 0 Å². The molecule has 1 aromatic heterocycles. The van der Waals surface area contributed by atoms with Gasteiger partial charge in [-0.1, -0.05) is 54.6 Å². The van der Waals surface area contributed by atoms with Crippen molar-refractivity contribution in [1.82, 2.24) is 0 Å². The van der Waals surface area contributed by atoms with Crippen LogP contribution in [0.1, 0.15) is 29.8 Å². The Morgan fingerprint density at radius 2 is 1.52 bits per heavy atom. The van der Waals surface area contributed by atoms with E-state index in [-0.39, 0.29) is 12.1 Å². The average Bonchev–Trinajstić information content (AvgIpc) is 2.74. The molecular weight excluding hydrogens is 358 g/mol. The molecule has 0 unspecified atom stereocenters. The first kappa shape index (κ1) is 18.9. The molecule has 0 aliphatic rings. The van der Waals surface area contributed by atoms with Gasteiger partial charge in [0, 0.05) is 22.6 Å². The van der Waals surface area contributed by atoms with Gasteiger partial charge in [0.15, 0.2) is 12.7 Å². The molecule has 0 atom stereocenters. The van der Waals surface area contributed by atoms with Crippen LogP contribution in [0.25, 0.3) is 22.0 Å². The fraction of sp³-hybridized carbons (Fsp3) is 0.154. The topological polar surface area (TPSA) is 30.2 Å². The Morgan fingerprint density at radius 3 is 2.28 bits per heavy atom. The van der Waals surface area contributed by atoms with E-state index in [0.29, 0.717) is 12.1 Å². The van der Waals surface area contributed by atoms with E-state index >= 15 is 0 Å². The van der Waals surface area contributed by atoms with Gasteiger partial charge in [-0.25, -0.2) is 4.79 Å². The molecule has 0 bridgehead atoms. The number of aromatic nitrogens is 1. The monoisotopic (exact) mass is 382 g/mol. The largest absolute Gasteiger partial charge is 0.459 e. The lowest BCUT2D eigenvalue weighted by Crippen LogP contribution is -2.37. The van der Waals surface area contributed by atoms with E-state index in [1.807, 2.05) is 62.4 Å². The highest BCUT2D eigenvalue weighted by Gasteiger charge is 2.20. The number of pyridine rings is 1. The van der Waals surface area contributed by atoms with Crippen molar-refractivity contribution >= 4 is 16.7 Å². The number of rotatable bonds is 5. The Morgan fingerprint density at radius 1 is 0.862 bits per heavy atom. The summed E-state index contributed by atoms with van der Waals surface area (Å²) in [5.74, 6) is -0.279. The zero-order valence-electron chi connectivity index (χ0n) is 16.7. The van der Waals surface area contributed by atoms with E-state index < -0.39 is 0 Å². The minimum Gasteiger partial charge on any atom is -0.459 e. The molecule has 4 aromatic rings. The third-order valence-corrected chi connectivity index (χ3v) is 4.88. The van der Waals surface area contributed by atoms with Crippen LogP contribution >= 0.6 is 0 Å². The summed E-state index contributed by atoms with van der Waals surface area (Å²) in [6.07, 6.45) is 2.01. The van der Waals surface area contributed by atoms with E-state index in [1.165, 1.54) is 5.39 Å². The molecule has 0 amide bonds. The highest BCUT2D eigenvalue weighted by molar-refractivity contribution is 5.91. The Hall–Kier alpha value is -3.46. The first-order chi connectivity index (χ1) is 14.1. The molecule has 3 nitrogen and oxygen atoms in total. The number of fused-ring (bicyclic) bond motifs is 1. The summed E-state index contributed by atoms with van der Waals surface area (Å²) in [5, 5.41) is 2.35. The zero-order valence-corrected chi connectivity index (χ0v) is 16.7. The quantitative estimate of drug-likeness (QED) is 0.341. The van der Waals surface area contributed by atoms with Crippen LogP contribution in [0, 0.1) is 0 Å². The van der Waals surface area contributed by atoms with Crippen molar-refractivity contribution in [3.63, 3.8) is 0 Å². The summed E-state index contributed by atoms with van der Waals surface area (Å²) < 4.78 is 7.66. The number of carbonyl (C=O) groups is 1. The average molecular weight is 382 g/mol. The SMILES string of the molecule is CC(C)OC(=O)c1ccccc1C[n+]1cc2ccccc2cc1-c1ccccc1. The van der Waals surface area contributed by atoms with Crippen LogP contribution in [0.3, 0.4) is 0 Å². The molecule has 0 saturated heterocycles. The van der Waals surface area contributed by atoms with E-state index in [0.717, 1.165) is 22.2 Å². The van der Waals surface area contributed by atoms with Gasteiger partial charge in [0.25, 0.3) is 0 Å². The fourth-order valence-corrected chi connectivity index (χ4v) is 3.53. The predicted octanol–water partition coefficient (Wildman–Crippen LogP) is 5.41. The highest BCUT2D eigenvalue weighted by atomic mass is 16.5. The molecule has 4 rings (SSSR count). The van der Waals surface area contributed by atoms with Gasteiger partial charge < -0.3 is 4.74 Å². The molecule has 29 heavy (non-hydrogen) atoms. The van der Waals surface area contributed by atoms with Gasteiger partial charge in [-0.15, -0.1) is 0 Å². The highest BCUT2D eigenvalue weighted by Crippen LogP contribution is 2.22. The molecule has 3 aromatic carbocycles. The Labute approximate surface area is 171 Å². The summed E-state index contributed by atoms with van der Waals surface area (Å²) in [6.45, 7) is 4.32. The van der Waals surface area contributed by atoms with Crippen molar-refractivity contribution in [2.45, 2.75) is 26.5 Å². The van der Waals surface area contributed by atoms with Crippen molar-refractivity contribution in [3.05, 3.63) is 102 Å². The van der Waals surface area contributed by atoms with Gasteiger partial charge in [-0.2, -0.15) is 4.57 Å². The summed E-state index contributed by atoms with van der Waals surface area (Å²) >= 11 is 0.